The summed E-state index contributed by atoms with van der Waals surface area (Å²) < 4.78 is 32.3. The van der Waals surface area contributed by atoms with Gasteiger partial charge in [0.1, 0.15) is 0 Å². The number of fused-ring (bicyclic) bond motifs is 1. The fourth-order valence-corrected chi connectivity index (χ4v) is 4.85. The number of esters is 1. The van der Waals surface area contributed by atoms with Gasteiger partial charge in [0.25, 0.3) is 15.9 Å². The summed E-state index contributed by atoms with van der Waals surface area (Å²) in [5, 5.41) is 3.99. The number of anilines is 1. The van der Waals surface area contributed by atoms with Gasteiger partial charge in [-0.3, -0.25) is 9.52 Å². The molecule has 2 N–H and O–H groups in total. The highest BCUT2D eigenvalue weighted by molar-refractivity contribution is 7.95. The lowest BCUT2D eigenvalue weighted by molar-refractivity contribution is -0.125. The van der Waals surface area contributed by atoms with Gasteiger partial charge >= 0.3 is 5.97 Å². The Balaban J connectivity index is 1.32. The number of nitrogens with one attached hydrogen (secondary N) is 2. The lowest BCUT2D eigenvalue weighted by atomic mass is 9.88. The molecule has 0 bridgehead atoms. The van der Waals surface area contributed by atoms with Crippen molar-refractivity contribution in [3.63, 3.8) is 0 Å². The van der Waals surface area contributed by atoms with E-state index in [0.717, 1.165) is 35.8 Å². The first-order chi connectivity index (χ1) is 16.9. The number of ether oxygens (including phenoxy) is 1. The molecule has 4 rings (SSSR count). The number of carbonyl (C=O) groups excluding carboxylic acids is 2. The van der Waals surface area contributed by atoms with E-state index in [1.807, 2.05) is 36.4 Å². The second-order valence-electron chi connectivity index (χ2n) is 8.23. The van der Waals surface area contributed by atoms with Gasteiger partial charge in [0.15, 0.2) is 6.61 Å². The molecule has 0 aromatic heterocycles. The largest absolute Gasteiger partial charge is 0.452 e. The zero-order valence-corrected chi connectivity index (χ0v) is 19.8. The van der Waals surface area contributed by atoms with E-state index in [9.17, 15) is 18.0 Å². The van der Waals surface area contributed by atoms with Crippen molar-refractivity contribution in [1.82, 2.24) is 5.32 Å². The van der Waals surface area contributed by atoms with Crippen LogP contribution in [0.1, 0.15) is 45.9 Å². The molecule has 180 valence electrons. The van der Waals surface area contributed by atoms with E-state index in [0.29, 0.717) is 0 Å². The zero-order valence-electron chi connectivity index (χ0n) is 19.0. The van der Waals surface area contributed by atoms with E-state index < -0.39 is 22.6 Å². The number of rotatable bonds is 8. The number of aryl methyl sites for hydroxylation is 1. The Labute approximate surface area is 204 Å². The molecule has 0 saturated carbocycles. The molecule has 3 aromatic rings. The first-order valence-corrected chi connectivity index (χ1v) is 12.8. The highest BCUT2D eigenvalue weighted by Gasteiger charge is 2.22. The normalized spacial score (nSPS) is 15.3. The van der Waals surface area contributed by atoms with E-state index in [1.165, 1.54) is 35.9 Å². The van der Waals surface area contributed by atoms with Crippen LogP contribution in [0.25, 0.3) is 6.08 Å². The fourth-order valence-electron chi connectivity index (χ4n) is 3.99. The number of sulfonamides is 1. The van der Waals surface area contributed by atoms with Crippen LogP contribution in [0.5, 0.6) is 0 Å². The Bertz CT molecular complexity index is 1340. The maximum atomic E-state index is 12.5. The summed E-state index contributed by atoms with van der Waals surface area (Å²) >= 11 is 0. The predicted octanol–water partition coefficient (Wildman–Crippen LogP) is 4.45. The number of carbonyl (C=O) groups is 2. The smallest absolute Gasteiger partial charge is 0.338 e. The van der Waals surface area contributed by atoms with Crippen LogP contribution in [-0.2, 0) is 26.0 Å². The van der Waals surface area contributed by atoms with Gasteiger partial charge in [-0.1, -0.05) is 60.7 Å². The summed E-state index contributed by atoms with van der Waals surface area (Å²) in [5.74, 6) is -1.10. The average molecular weight is 491 g/mol. The summed E-state index contributed by atoms with van der Waals surface area (Å²) in [7, 11) is -3.79. The van der Waals surface area contributed by atoms with Crippen LogP contribution in [0.3, 0.4) is 0 Å². The van der Waals surface area contributed by atoms with Crippen molar-refractivity contribution in [2.24, 2.45) is 0 Å². The number of hydrogen-bond acceptors (Lipinski definition) is 5. The van der Waals surface area contributed by atoms with Gasteiger partial charge in [0.2, 0.25) is 0 Å². The molecule has 0 spiro atoms. The Morgan fingerprint density at radius 2 is 1.74 bits per heavy atom. The lowest BCUT2D eigenvalue weighted by Crippen LogP contribution is -2.34. The zero-order chi connectivity index (χ0) is 24.7. The molecule has 0 saturated heterocycles. The quantitative estimate of drug-likeness (QED) is 0.454. The minimum Gasteiger partial charge on any atom is -0.452 e. The molecule has 8 heteroatoms. The molecule has 1 aliphatic rings. The van der Waals surface area contributed by atoms with E-state index in [-0.39, 0.29) is 23.2 Å². The van der Waals surface area contributed by atoms with Crippen molar-refractivity contribution in [2.75, 3.05) is 11.3 Å². The van der Waals surface area contributed by atoms with E-state index >= 15 is 0 Å². The number of amides is 1. The second-order valence-corrected chi connectivity index (χ2v) is 9.79. The Morgan fingerprint density at radius 1 is 0.971 bits per heavy atom. The fraction of sp³-hybridized carbons (Fsp3) is 0.185. The van der Waals surface area contributed by atoms with Crippen LogP contribution in [0, 0.1) is 0 Å². The topological polar surface area (TPSA) is 102 Å². The van der Waals surface area contributed by atoms with Crippen LogP contribution < -0.4 is 10.0 Å². The van der Waals surface area contributed by atoms with Crippen LogP contribution in [0.4, 0.5) is 5.69 Å². The lowest BCUT2D eigenvalue weighted by Gasteiger charge is -2.26. The third-order valence-corrected chi connectivity index (χ3v) is 6.65. The molecule has 1 amide bonds. The Hall–Kier alpha value is -3.91. The summed E-state index contributed by atoms with van der Waals surface area (Å²) in [6, 6.07) is 22.8. The third-order valence-electron chi connectivity index (χ3n) is 5.64. The minimum atomic E-state index is -3.79. The van der Waals surface area contributed by atoms with Crippen LogP contribution in [0.2, 0.25) is 0 Å². The predicted molar refractivity (Wildman–Crippen MR) is 135 cm³/mol. The van der Waals surface area contributed by atoms with Crippen molar-refractivity contribution in [3.8, 4) is 0 Å². The molecule has 0 unspecified atom stereocenters. The van der Waals surface area contributed by atoms with Gasteiger partial charge in [0.05, 0.1) is 17.0 Å². The molecule has 1 aliphatic carbocycles. The molecule has 0 aliphatic heterocycles. The first kappa shape index (κ1) is 24.2. The van der Waals surface area contributed by atoms with Gasteiger partial charge in [-0.25, -0.2) is 13.2 Å². The van der Waals surface area contributed by atoms with Crippen LogP contribution in [-0.4, -0.2) is 26.9 Å². The standard InChI is InChI=1S/C27H26N2O5S/c30-26(28-25-15-7-11-21-10-4-5-14-24(21)25)19-34-27(31)22-12-6-13-23(18-22)29-35(32,33)17-16-20-8-2-1-3-9-20/h1-6,8-10,12-14,16-18,25,29H,7,11,15,19H2,(H,28,30)/b17-16+/t25-/m1/s1. The molecule has 3 aromatic carbocycles. The SMILES string of the molecule is O=C(COC(=O)c1cccc(NS(=O)(=O)/C=C/c2ccccc2)c1)N[C@@H]1CCCc2ccccc21. The molecule has 0 heterocycles. The van der Waals surface area contributed by atoms with Crippen molar-refractivity contribution in [3.05, 3.63) is 107 Å². The average Bonchev–Trinajstić information content (AvgIpc) is 2.87. The van der Waals surface area contributed by atoms with E-state index in [2.05, 4.69) is 16.1 Å². The van der Waals surface area contributed by atoms with Gasteiger partial charge in [-0.05, 0) is 60.2 Å². The van der Waals surface area contributed by atoms with Crippen molar-refractivity contribution in [1.29, 1.82) is 0 Å². The Kier molecular flexibility index (Phi) is 7.62. The van der Waals surface area contributed by atoms with Crippen LogP contribution >= 0.6 is 0 Å². The molecule has 0 radical (unpaired) electrons. The number of hydrogen-bond donors (Lipinski definition) is 2. The first-order valence-electron chi connectivity index (χ1n) is 11.3. The second kappa shape index (κ2) is 11.0. The van der Waals surface area contributed by atoms with E-state index in [4.69, 9.17) is 4.74 Å². The van der Waals surface area contributed by atoms with Crippen molar-refractivity contribution < 1.29 is 22.7 Å². The summed E-state index contributed by atoms with van der Waals surface area (Å²) in [6.45, 7) is -0.423. The highest BCUT2D eigenvalue weighted by Crippen LogP contribution is 2.29. The summed E-state index contributed by atoms with van der Waals surface area (Å²) in [5.41, 5.74) is 3.40. The summed E-state index contributed by atoms with van der Waals surface area (Å²) in [4.78, 5) is 24.9. The van der Waals surface area contributed by atoms with Crippen LogP contribution in [0.15, 0.2) is 84.3 Å². The van der Waals surface area contributed by atoms with Crippen molar-refractivity contribution in [2.45, 2.75) is 25.3 Å². The van der Waals surface area contributed by atoms with Gasteiger partial charge < -0.3 is 10.1 Å². The van der Waals surface area contributed by atoms with Gasteiger partial charge in [-0.15, -0.1) is 0 Å². The maximum absolute atomic E-state index is 12.5. The molecule has 1 atom stereocenters. The molecule has 0 fully saturated rings. The summed E-state index contributed by atoms with van der Waals surface area (Å²) in [6.07, 6.45) is 4.27. The third kappa shape index (κ3) is 6.80. The van der Waals surface area contributed by atoms with Gasteiger partial charge in [0, 0.05) is 5.69 Å². The molecular formula is C27H26N2O5S. The maximum Gasteiger partial charge on any atom is 0.338 e. The number of benzene rings is 3. The highest BCUT2D eigenvalue weighted by atomic mass is 32.2. The molecule has 7 nitrogen and oxygen atoms in total. The monoisotopic (exact) mass is 490 g/mol. The minimum absolute atomic E-state index is 0.104. The molecule has 35 heavy (non-hydrogen) atoms. The van der Waals surface area contributed by atoms with E-state index in [1.54, 1.807) is 12.1 Å². The molecular weight excluding hydrogens is 464 g/mol. The Morgan fingerprint density at radius 3 is 2.57 bits per heavy atom. The van der Waals surface area contributed by atoms with Crippen molar-refractivity contribution >= 4 is 33.7 Å². The van der Waals surface area contributed by atoms with Gasteiger partial charge in [-0.2, -0.15) is 0 Å².